The number of nitrogens with zero attached hydrogens (tertiary/aromatic N) is 1. The van der Waals surface area contributed by atoms with E-state index in [1.165, 1.54) is 0 Å². The van der Waals surface area contributed by atoms with Gasteiger partial charge in [-0.3, -0.25) is 10.1 Å². The molecule has 7 heteroatoms. The first-order chi connectivity index (χ1) is 14.6. The number of amides is 1. The molecule has 1 heterocycles. The summed E-state index contributed by atoms with van der Waals surface area (Å²) < 4.78 is 7.34. The van der Waals surface area contributed by atoms with E-state index < -0.39 is 23.2 Å². The number of ether oxygens (including phenoxy) is 1. The fraction of sp³-hybridized carbons (Fsp3) is 0.333. The Kier molecular flexibility index (Phi) is 6.32. The molecule has 1 aromatic heterocycles. The van der Waals surface area contributed by atoms with E-state index in [0.717, 1.165) is 16.5 Å². The van der Waals surface area contributed by atoms with Crippen molar-refractivity contribution < 1.29 is 19.4 Å². The van der Waals surface area contributed by atoms with Gasteiger partial charge in [0.2, 0.25) is 0 Å². The number of rotatable bonds is 6. The number of aromatic nitrogens is 1. The third kappa shape index (κ3) is 4.85. The molecule has 0 fully saturated rings. The van der Waals surface area contributed by atoms with E-state index in [-0.39, 0.29) is 6.42 Å². The minimum absolute atomic E-state index is 0.0986. The fourth-order valence-corrected chi connectivity index (χ4v) is 4.03. The number of fused-ring (bicyclic) bond motifs is 1. The summed E-state index contributed by atoms with van der Waals surface area (Å²) in [7, 11) is 0. The molecule has 164 valence electrons. The minimum atomic E-state index is -0.901. The van der Waals surface area contributed by atoms with Crippen LogP contribution in [0.3, 0.4) is 0 Å². The monoisotopic (exact) mass is 442 g/mol. The lowest BCUT2D eigenvalue weighted by molar-refractivity contribution is -0.138. The van der Waals surface area contributed by atoms with Crippen molar-refractivity contribution in [2.45, 2.75) is 51.7 Å². The van der Waals surface area contributed by atoms with Crippen molar-refractivity contribution in [3.8, 4) is 0 Å². The summed E-state index contributed by atoms with van der Waals surface area (Å²) in [6.45, 7) is 7.37. The molecule has 0 bridgehead atoms. The van der Waals surface area contributed by atoms with E-state index in [9.17, 15) is 14.7 Å². The Labute approximate surface area is 186 Å². The molecular formula is C24H27ClN2O4. The number of hydrogen-bond acceptors (Lipinski definition) is 3. The second-order valence-electron chi connectivity index (χ2n) is 8.51. The van der Waals surface area contributed by atoms with E-state index in [2.05, 4.69) is 5.32 Å². The maximum atomic E-state index is 12.3. The van der Waals surface area contributed by atoms with Crippen molar-refractivity contribution in [3.05, 3.63) is 65.3 Å². The van der Waals surface area contributed by atoms with Crippen LogP contribution in [-0.2, 0) is 15.1 Å². The van der Waals surface area contributed by atoms with Gasteiger partial charge in [0, 0.05) is 16.6 Å². The summed E-state index contributed by atoms with van der Waals surface area (Å²) in [6, 6.07) is 14.7. The number of carboxylic acid groups (broad SMARTS) is 1. The van der Waals surface area contributed by atoms with E-state index in [1.54, 1.807) is 39.0 Å². The third-order valence-corrected chi connectivity index (χ3v) is 5.49. The molecular weight excluding hydrogens is 416 g/mol. The third-order valence-electron chi connectivity index (χ3n) is 5.24. The van der Waals surface area contributed by atoms with Crippen LogP contribution in [0.5, 0.6) is 0 Å². The highest BCUT2D eigenvalue weighted by Gasteiger charge is 2.36. The summed E-state index contributed by atoms with van der Waals surface area (Å²) in [4.78, 5) is 24.2. The number of benzene rings is 2. The van der Waals surface area contributed by atoms with Crippen molar-refractivity contribution in [1.82, 2.24) is 4.57 Å². The van der Waals surface area contributed by atoms with Gasteiger partial charge in [-0.25, -0.2) is 4.79 Å². The normalized spacial score (nSPS) is 13.6. The first-order valence-electron chi connectivity index (χ1n) is 10.1. The van der Waals surface area contributed by atoms with Gasteiger partial charge >= 0.3 is 12.1 Å². The minimum Gasteiger partial charge on any atom is -0.481 e. The molecule has 0 aliphatic rings. The Morgan fingerprint density at radius 2 is 1.77 bits per heavy atom. The quantitative estimate of drug-likeness (QED) is 0.471. The van der Waals surface area contributed by atoms with Crippen LogP contribution in [0.1, 0.15) is 46.1 Å². The number of carbonyl (C=O) groups excluding carboxylic acids is 1. The number of nitrogens with one attached hydrogen (secondary N) is 1. The molecule has 0 aliphatic carbocycles. The van der Waals surface area contributed by atoms with Crippen LogP contribution in [0.2, 0.25) is 5.02 Å². The molecule has 2 N–H and O–H groups in total. The maximum Gasteiger partial charge on any atom is 0.412 e. The van der Waals surface area contributed by atoms with Gasteiger partial charge in [-0.2, -0.15) is 0 Å². The zero-order valence-electron chi connectivity index (χ0n) is 18.1. The van der Waals surface area contributed by atoms with Gasteiger partial charge in [-0.05, 0) is 63.1 Å². The van der Waals surface area contributed by atoms with Crippen LogP contribution in [0, 0.1) is 0 Å². The second kappa shape index (κ2) is 8.63. The molecule has 31 heavy (non-hydrogen) atoms. The molecule has 1 amide bonds. The molecule has 0 saturated heterocycles. The number of aliphatic carboxylic acids is 1. The van der Waals surface area contributed by atoms with E-state index in [0.29, 0.717) is 17.1 Å². The molecule has 6 nitrogen and oxygen atoms in total. The average molecular weight is 443 g/mol. The van der Waals surface area contributed by atoms with Crippen LogP contribution in [0.25, 0.3) is 10.9 Å². The van der Waals surface area contributed by atoms with Gasteiger partial charge in [0.1, 0.15) is 5.60 Å². The zero-order valence-corrected chi connectivity index (χ0v) is 18.9. The molecule has 0 spiro atoms. The predicted octanol–water partition coefficient (Wildman–Crippen LogP) is 6.27. The van der Waals surface area contributed by atoms with Gasteiger partial charge in [0.15, 0.2) is 0 Å². The summed E-state index contributed by atoms with van der Waals surface area (Å²) in [5.74, 6) is -0.901. The smallest absolute Gasteiger partial charge is 0.412 e. The highest BCUT2D eigenvalue weighted by molar-refractivity contribution is 6.30. The Bertz CT molecular complexity index is 1100. The van der Waals surface area contributed by atoms with Crippen molar-refractivity contribution >= 4 is 40.3 Å². The van der Waals surface area contributed by atoms with Crippen LogP contribution >= 0.6 is 11.6 Å². The van der Waals surface area contributed by atoms with Crippen LogP contribution in [0.4, 0.5) is 10.5 Å². The number of carbonyl (C=O) groups is 2. The first-order valence-corrected chi connectivity index (χ1v) is 10.5. The second-order valence-corrected chi connectivity index (χ2v) is 8.95. The van der Waals surface area contributed by atoms with Crippen LogP contribution in [-0.4, -0.2) is 27.3 Å². The Morgan fingerprint density at radius 1 is 1.10 bits per heavy atom. The molecule has 1 atom stereocenters. The highest BCUT2D eigenvalue weighted by Crippen LogP contribution is 2.39. The summed E-state index contributed by atoms with van der Waals surface area (Å²) in [5, 5.41) is 13.9. The van der Waals surface area contributed by atoms with E-state index >= 15 is 0 Å². The standard InChI is InChI=1S/C24H27ClN2O4/c1-5-24(15-21(28)29,16-9-11-17(25)12-10-16)27-14-13-18-19(7-6-8-20(18)27)26-22(30)31-23(2,3)4/h6-14H,5,15H2,1-4H3,(H,26,30)(H,28,29). The summed E-state index contributed by atoms with van der Waals surface area (Å²) >= 11 is 6.07. The van der Waals surface area contributed by atoms with Gasteiger partial charge in [-0.1, -0.05) is 36.7 Å². The SMILES string of the molecule is CCC(CC(=O)O)(c1ccc(Cl)cc1)n1ccc2c(NC(=O)OC(C)(C)C)cccc21. The topological polar surface area (TPSA) is 80.6 Å². The van der Waals surface area contributed by atoms with Crippen LogP contribution < -0.4 is 5.32 Å². The fourth-order valence-electron chi connectivity index (χ4n) is 3.90. The van der Waals surface area contributed by atoms with E-state index in [4.69, 9.17) is 16.3 Å². The molecule has 0 radical (unpaired) electrons. The lowest BCUT2D eigenvalue weighted by Crippen LogP contribution is -2.36. The Balaban J connectivity index is 2.12. The largest absolute Gasteiger partial charge is 0.481 e. The Morgan fingerprint density at radius 3 is 2.35 bits per heavy atom. The molecule has 1 unspecified atom stereocenters. The molecule has 2 aromatic carbocycles. The van der Waals surface area contributed by atoms with Gasteiger partial charge in [0.25, 0.3) is 0 Å². The van der Waals surface area contributed by atoms with Gasteiger partial charge < -0.3 is 14.4 Å². The Hall–Kier alpha value is -2.99. The van der Waals surface area contributed by atoms with Gasteiger partial charge in [0.05, 0.1) is 23.2 Å². The lowest BCUT2D eigenvalue weighted by atomic mass is 9.83. The first kappa shape index (κ1) is 22.7. The molecule has 3 rings (SSSR count). The number of carboxylic acids is 1. The lowest BCUT2D eigenvalue weighted by Gasteiger charge is -2.35. The molecule has 3 aromatic rings. The maximum absolute atomic E-state index is 12.3. The van der Waals surface area contributed by atoms with E-state index in [1.807, 2.05) is 48.0 Å². The molecule has 0 aliphatic heterocycles. The number of hydrogen-bond donors (Lipinski definition) is 2. The van der Waals surface area contributed by atoms with Crippen molar-refractivity contribution in [1.29, 1.82) is 0 Å². The number of halogens is 1. The predicted molar refractivity (Wildman–Crippen MR) is 123 cm³/mol. The van der Waals surface area contributed by atoms with Crippen molar-refractivity contribution in [2.75, 3.05) is 5.32 Å². The number of anilines is 1. The summed E-state index contributed by atoms with van der Waals surface area (Å²) in [5.41, 5.74) is 0.832. The highest BCUT2D eigenvalue weighted by atomic mass is 35.5. The van der Waals surface area contributed by atoms with Gasteiger partial charge in [-0.15, -0.1) is 0 Å². The average Bonchev–Trinajstić information content (AvgIpc) is 3.11. The van der Waals surface area contributed by atoms with Crippen molar-refractivity contribution in [3.63, 3.8) is 0 Å². The van der Waals surface area contributed by atoms with Crippen molar-refractivity contribution in [2.24, 2.45) is 0 Å². The summed E-state index contributed by atoms with van der Waals surface area (Å²) in [6.07, 6.45) is 1.77. The zero-order chi connectivity index (χ0) is 22.8. The van der Waals surface area contributed by atoms with Crippen LogP contribution in [0.15, 0.2) is 54.7 Å². The molecule has 0 saturated carbocycles.